The van der Waals surface area contributed by atoms with E-state index in [1.165, 1.54) is 5.56 Å². The van der Waals surface area contributed by atoms with Gasteiger partial charge in [-0.1, -0.05) is 12.1 Å². The average molecular weight is 246 g/mol. The molecule has 0 atom stereocenters. The average Bonchev–Trinajstić information content (AvgIpc) is 2.35. The summed E-state index contributed by atoms with van der Waals surface area (Å²) in [6, 6.07) is 10.0. The maximum atomic E-state index is 11.2. The zero-order valence-electron chi connectivity index (χ0n) is 10.6. The highest BCUT2D eigenvalue weighted by atomic mass is 16.5. The normalized spacial score (nSPS) is 9.56. The van der Waals surface area contributed by atoms with Gasteiger partial charge in [0, 0.05) is 25.1 Å². The van der Waals surface area contributed by atoms with E-state index < -0.39 is 0 Å². The third-order valence-electron chi connectivity index (χ3n) is 2.38. The molecule has 1 rings (SSSR count). The molecule has 0 saturated carbocycles. The second-order valence-electron chi connectivity index (χ2n) is 4.03. The Labute approximate surface area is 108 Å². The number of carbonyl (C=O) groups is 1. The Balaban J connectivity index is 2.12. The summed E-state index contributed by atoms with van der Waals surface area (Å²) in [5.74, 6) is -0.240. The quantitative estimate of drug-likeness (QED) is 0.593. The smallest absolute Gasteiger partial charge is 0.305 e. The number of anilines is 1. The molecule has 0 amide bonds. The van der Waals surface area contributed by atoms with Gasteiger partial charge in [0.15, 0.2) is 0 Å². The van der Waals surface area contributed by atoms with E-state index in [0.717, 1.165) is 5.69 Å². The molecule has 0 heterocycles. The van der Waals surface area contributed by atoms with E-state index in [1.54, 1.807) is 0 Å². The predicted molar refractivity (Wildman–Crippen MR) is 70.1 cm³/mol. The molecule has 96 valence electrons. The second kappa shape index (κ2) is 8.13. The van der Waals surface area contributed by atoms with Gasteiger partial charge < -0.3 is 10.1 Å². The van der Waals surface area contributed by atoms with Gasteiger partial charge in [0.1, 0.15) is 6.61 Å². The highest BCUT2D eigenvalue weighted by molar-refractivity contribution is 5.69. The van der Waals surface area contributed by atoms with Crippen molar-refractivity contribution in [3.63, 3.8) is 0 Å². The fourth-order valence-electron chi connectivity index (χ4n) is 1.50. The molecule has 0 spiro atoms. The number of nitriles is 1. The second-order valence-corrected chi connectivity index (χ2v) is 4.03. The minimum Gasteiger partial charge on any atom is -0.464 e. The SMILES string of the molecule is Cc1cccc(NCCOC(=O)CCCC#N)c1. The van der Waals surface area contributed by atoms with Gasteiger partial charge in [-0.15, -0.1) is 0 Å². The Bertz CT molecular complexity index is 424. The van der Waals surface area contributed by atoms with Crippen LogP contribution in [0.15, 0.2) is 24.3 Å². The lowest BCUT2D eigenvalue weighted by Crippen LogP contribution is -2.13. The van der Waals surface area contributed by atoms with Crippen LogP contribution in [0.1, 0.15) is 24.8 Å². The lowest BCUT2D eigenvalue weighted by molar-refractivity contribution is -0.143. The molecule has 0 unspecified atom stereocenters. The predicted octanol–water partition coefficient (Wildman–Crippen LogP) is 2.64. The first kappa shape index (κ1) is 14.0. The lowest BCUT2D eigenvalue weighted by atomic mass is 10.2. The summed E-state index contributed by atoms with van der Waals surface area (Å²) in [4.78, 5) is 11.2. The zero-order chi connectivity index (χ0) is 13.2. The molecule has 0 aliphatic heterocycles. The monoisotopic (exact) mass is 246 g/mol. The van der Waals surface area contributed by atoms with E-state index in [-0.39, 0.29) is 5.97 Å². The van der Waals surface area contributed by atoms with E-state index in [4.69, 9.17) is 10.00 Å². The van der Waals surface area contributed by atoms with Gasteiger partial charge in [0.2, 0.25) is 0 Å². The minimum atomic E-state index is -0.240. The van der Waals surface area contributed by atoms with Crippen LogP contribution in [0.4, 0.5) is 5.69 Å². The standard InChI is InChI=1S/C14H18N2O2/c1-12-5-4-6-13(11-12)16-9-10-18-14(17)7-2-3-8-15/h4-6,11,16H,2-3,7,9-10H2,1H3. The summed E-state index contributed by atoms with van der Waals surface area (Å²) < 4.78 is 5.03. The zero-order valence-corrected chi connectivity index (χ0v) is 10.6. The number of nitrogens with one attached hydrogen (secondary N) is 1. The minimum absolute atomic E-state index is 0.240. The van der Waals surface area contributed by atoms with Gasteiger partial charge in [-0.25, -0.2) is 0 Å². The molecule has 4 nitrogen and oxygen atoms in total. The first-order valence-electron chi connectivity index (χ1n) is 6.05. The van der Waals surface area contributed by atoms with Crippen LogP contribution < -0.4 is 5.32 Å². The first-order chi connectivity index (χ1) is 8.72. The number of aryl methyl sites for hydroxylation is 1. The number of unbranched alkanes of at least 4 members (excludes halogenated alkanes) is 1. The Morgan fingerprint density at radius 1 is 1.50 bits per heavy atom. The molecule has 0 saturated heterocycles. The van der Waals surface area contributed by atoms with Crippen molar-refractivity contribution < 1.29 is 9.53 Å². The van der Waals surface area contributed by atoms with Crippen molar-refractivity contribution in [1.29, 1.82) is 5.26 Å². The Hall–Kier alpha value is -2.02. The fraction of sp³-hybridized carbons (Fsp3) is 0.429. The number of benzene rings is 1. The highest BCUT2D eigenvalue weighted by Gasteiger charge is 2.01. The van der Waals surface area contributed by atoms with Crippen LogP contribution in [0, 0.1) is 18.3 Å². The van der Waals surface area contributed by atoms with E-state index in [2.05, 4.69) is 5.32 Å². The molecule has 0 radical (unpaired) electrons. The van der Waals surface area contributed by atoms with Crippen LogP contribution in [0.5, 0.6) is 0 Å². The number of hydrogen-bond acceptors (Lipinski definition) is 4. The van der Waals surface area contributed by atoms with Crippen molar-refractivity contribution in [1.82, 2.24) is 0 Å². The van der Waals surface area contributed by atoms with Crippen molar-refractivity contribution in [2.75, 3.05) is 18.5 Å². The summed E-state index contributed by atoms with van der Waals surface area (Å²) in [5.41, 5.74) is 2.21. The van der Waals surface area contributed by atoms with Gasteiger partial charge in [-0.3, -0.25) is 4.79 Å². The molecule has 0 aliphatic carbocycles. The number of carbonyl (C=O) groups excluding carboxylic acids is 1. The van der Waals surface area contributed by atoms with Crippen molar-refractivity contribution in [2.24, 2.45) is 0 Å². The highest BCUT2D eigenvalue weighted by Crippen LogP contribution is 2.08. The molecule has 0 aromatic heterocycles. The number of esters is 1. The van der Waals surface area contributed by atoms with Gasteiger partial charge >= 0.3 is 5.97 Å². The molecule has 1 aromatic carbocycles. The molecule has 0 bridgehead atoms. The van der Waals surface area contributed by atoms with E-state index in [9.17, 15) is 4.79 Å². The Kier molecular flexibility index (Phi) is 6.34. The van der Waals surface area contributed by atoms with Gasteiger partial charge in [0.05, 0.1) is 6.07 Å². The number of rotatable bonds is 7. The van der Waals surface area contributed by atoms with Crippen LogP contribution in [-0.2, 0) is 9.53 Å². The van der Waals surface area contributed by atoms with Gasteiger partial charge in [-0.05, 0) is 31.0 Å². The van der Waals surface area contributed by atoms with Crippen LogP contribution in [0.3, 0.4) is 0 Å². The Morgan fingerprint density at radius 3 is 3.06 bits per heavy atom. The topological polar surface area (TPSA) is 62.1 Å². The lowest BCUT2D eigenvalue weighted by Gasteiger charge is -2.07. The van der Waals surface area contributed by atoms with Crippen molar-refractivity contribution in [3.8, 4) is 6.07 Å². The van der Waals surface area contributed by atoms with Gasteiger partial charge in [0.25, 0.3) is 0 Å². The van der Waals surface area contributed by atoms with Crippen molar-refractivity contribution in [3.05, 3.63) is 29.8 Å². The largest absolute Gasteiger partial charge is 0.464 e. The maximum absolute atomic E-state index is 11.2. The van der Waals surface area contributed by atoms with Crippen LogP contribution in [0.25, 0.3) is 0 Å². The first-order valence-corrected chi connectivity index (χ1v) is 6.05. The number of ether oxygens (including phenoxy) is 1. The van der Waals surface area contributed by atoms with Crippen LogP contribution >= 0.6 is 0 Å². The van der Waals surface area contributed by atoms with Crippen molar-refractivity contribution >= 4 is 11.7 Å². The third kappa shape index (κ3) is 5.90. The van der Waals surface area contributed by atoms with E-state index in [0.29, 0.717) is 32.4 Å². The van der Waals surface area contributed by atoms with E-state index >= 15 is 0 Å². The molecule has 1 aromatic rings. The third-order valence-corrected chi connectivity index (χ3v) is 2.38. The van der Waals surface area contributed by atoms with Crippen LogP contribution in [0.2, 0.25) is 0 Å². The fourth-order valence-corrected chi connectivity index (χ4v) is 1.50. The van der Waals surface area contributed by atoms with Gasteiger partial charge in [-0.2, -0.15) is 5.26 Å². The molecule has 0 fully saturated rings. The molecule has 4 heteroatoms. The summed E-state index contributed by atoms with van der Waals surface area (Å²) in [6.45, 7) is 2.97. The van der Waals surface area contributed by atoms with Crippen molar-refractivity contribution in [2.45, 2.75) is 26.2 Å². The number of nitrogens with zero attached hydrogens (tertiary/aromatic N) is 1. The van der Waals surface area contributed by atoms with Crippen LogP contribution in [-0.4, -0.2) is 19.1 Å². The molecule has 1 N–H and O–H groups in total. The maximum Gasteiger partial charge on any atom is 0.305 e. The summed E-state index contributed by atoms with van der Waals surface area (Å²) in [5, 5.41) is 11.5. The number of hydrogen-bond donors (Lipinski definition) is 1. The molecule has 0 aliphatic rings. The molecular formula is C14H18N2O2. The van der Waals surface area contributed by atoms with E-state index in [1.807, 2.05) is 37.3 Å². The summed E-state index contributed by atoms with van der Waals surface area (Å²) in [6.07, 6.45) is 1.29. The summed E-state index contributed by atoms with van der Waals surface area (Å²) >= 11 is 0. The summed E-state index contributed by atoms with van der Waals surface area (Å²) in [7, 11) is 0. The molecular weight excluding hydrogens is 228 g/mol. The Morgan fingerprint density at radius 2 is 2.33 bits per heavy atom. The molecule has 18 heavy (non-hydrogen) atoms.